The van der Waals surface area contributed by atoms with Crippen molar-refractivity contribution in [2.24, 2.45) is 0 Å². The molecule has 1 N–H and O–H groups in total. The third-order valence-electron chi connectivity index (χ3n) is 5.40. The summed E-state index contributed by atoms with van der Waals surface area (Å²) in [4.78, 5) is 11.4. The largest absolute Gasteiger partial charge is 0.383 e. The van der Waals surface area contributed by atoms with Gasteiger partial charge in [-0.3, -0.25) is 4.98 Å². The monoisotopic (exact) mass is 407 g/mol. The van der Waals surface area contributed by atoms with Crippen LogP contribution in [0.3, 0.4) is 0 Å². The van der Waals surface area contributed by atoms with E-state index < -0.39 is 0 Å². The number of thiocarbonyl (C=S) groups is 1. The van der Waals surface area contributed by atoms with Gasteiger partial charge in [0.1, 0.15) is 5.82 Å². The number of hydrogen-bond acceptors (Lipinski definition) is 4. The van der Waals surface area contributed by atoms with Crippen LogP contribution in [0.5, 0.6) is 0 Å². The van der Waals surface area contributed by atoms with Gasteiger partial charge >= 0.3 is 0 Å². The predicted molar refractivity (Wildman–Crippen MR) is 117 cm³/mol. The molecule has 0 aromatic carbocycles. The third-order valence-corrected chi connectivity index (χ3v) is 5.75. The zero-order valence-corrected chi connectivity index (χ0v) is 17.7. The van der Waals surface area contributed by atoms with Crippen LogP contribution in [0.25, 0.3) is 5.82 Å². The van der Waals surface area contributed by atoms with Gasteiger partial charge in [-0.25, -0.2) is 4.98 Å². The number of rotatable bonds is 6. The lowest BCUT2D eigenvalue weighted by atomic mass is 9.97. The summed E-state index contributed by atoms with van der Waals surface area (Å²) in [6, 6.07) is 14.2. The van der Waals surface area contributed by atoms with Crippen molar-refractivity contribution in [1.82, 2.24) is 24.8 Å². The molecule has 0 saturated carbocycles. The number of aryl methyl sites for hydroxylation is 1. The molecule has 0 bridgehead atoms. The molecule has 7 heteroatoms. The first-order valence-corrected chi connectivity index (χ1v) is 10.1. The van der Waals surface area contributed by atoms with Gasteiger partial charge in [-0.15, -0.1) is 0 Å². The first-order chi connectivity index (χ1) is 14.1. The van der Waals surface area contributed by atoms with Crippen LogP contribution >= 0.6 is 12.2 Å². The molecule has 4 rings (SSSR count). The van der Waals surface area contributed by atoms with E-state index in [0.29, 0.717) is 13.2 Å². The number of pyridine rings is 2. The molecule has 4 heterocycles. The maximum atomic E-state index is 5.70. The average Bonchev–Trinajstić information content (AvgIpc) is 3.23. The lowest BCUT2D eigenvalue weighted by Gasteiger charge is -2.28. The van der Waals surface area contributed by atoms with E-state index in [4.69, 9.17) is 17.0 Å². The van der Waals surface area contributed by atoms with Crippen molar-refractivity contribution in [2.75, 3.05) is 20.3 Å². The molecule has 1 aliphatic rings. The SMILES string of the molecule is COCCN1C(=S)N[C@H](c2ccccn2)[C@@H]1c1cc(C)n(-c2ccccn2)c1C. The minimum absolute atomic E-state index is 0.0243. The van der Waals surface area contributed by atoms with Crippen LogP contribution < -0.4 is 5.32 Å². The van der Waals surface area contributed by atoms with E-state index in [-0.39, 0.29) is 12.1 Å². The molecule has 1 saturated heterocycles. The number of methoxy groups -OCH3 is 1. The highest BCUT2D eigenvalue weighted by atomic mass is 32.1. The molecule has 0 aliphatic carbocycles. The lowest BCUT2D eigenvalue weighted by Crippen LogP contribution is -2.32. The van der Waals surface area contributed by atoms with E-state index in [1.54, 1.807) is 7.11 Å². The summed E-state index contributed by atoms with van der Waals surface area (Å²) in [5, 5.41) is 4.22. The Morgan fingerprint density at radius 2 is 1.86 bits per heavy atom. The second-order valence-electron chi connectivity index (χ2n) is 7.16. The van der Waals surface area contributed by atoms with Gasteiger partial charge in [0.05, 0.1) is 24.4 Å². The van der Waals surface area contributed by atoms with Gasteiger partial charge in [0, 0.05) is 37.4 Å². The van der Waals surface area contributed by atoms with Crippen LogP contribution in [0, 0.1) is 13.8 Å². The molecule has 1 aliphatic heterocycles. The maximum Gasteiger partial charge on any atom is 0.170 e. The van der Waals surface area contributed by atoms with Gasteiger partial charge in [-0.2, -0.15) is 0 Å². The Morgan fingerprint density at radius 3 is 2.52 bits per heavy atom. The van der Waals surface area contributed by atoms with Crippen molar-refractivity contribution in [3.05, 3.63) is 77.5 Å². The molecule has 0 amide bonds. The fourth-order valence-electron chi connectivity index (χ4n) is 4.10. The Labute approximate surface area is 176 Å². The van der Waals surface area contributed by atoms with E-state index in [1.165, 1.54) is 5.56 Å². The van der Waals surface area contributed by atoms with Crippen LogP contribution in [0.1, 0.15) is 34.7 Å². The minimum atomic E-state index is -0.0294. The molecule has 150 valence electrons. The number of aromatic nitrogens is 3. The number of nitrogens with zero attached hydrogens (tertiary/aromatic N) is 4. The van der Waals surface area contributed by atoms with Gasteiger partial charge in [0.2, 0.25) is 0 Å². The zero-order valence-electron chi connectivity index (χ0n) is 16.9. The van der Waals surface area contributed by atoms with Gasteiger partial charge in [-0.05, 0) is 62.0 Å². The second kappa shape index (κ2) is 8.31. The quantitative estimate of drug-likeness (QED) is 0.631. The lowest BCUT2D eigenvalue weighted by molar-refractivity contribution is 0.164. The zero-order chi connectivity index (χ0) is 20.4. The van der Waals surface area contributed by atoms with E-state index in [0.717, 1.165) is 28.0 Å². The summed E-state index contributed by atoms with van der Waals surface area (Å²) in [6.07, 6.45) is 3.65. The Hall–Kier alpha value is -2.77. The average molecular weight is 408 g/mol. The highest BCUT2D eigenvalue weighted by molar-refractivity contribution is 7.80. The summed E-state index contributed by atoms with van der Waals surface area (Å²) in [6.45, 7) is 5.57. The van der Waals surface area contributed by atoms with Crippen LogP contribution in [-0.4, -0.2) is 44.8 Å². The maximum absolute atomic E-state index is 5.70. The van der Waals surface area contributed by atoms with Crippen LogP contribution in [-0.2, 0) is 4.74 Å². The molecular weight excluding hydrogens is 382 g/mol. The van der Waals surface area contributed by atoms with E-state index in [2.05, 4.69) is 44.7 Å². The van der Waals surface area contributed by atoms with Crippen molar-refractivity contribution < 1.29 is 4.74 Å². The van der Waals surface area contributed by atoms with Gasteiger partial charge < -0.3 is 19.5 Å². The Balaban J connectivity index is 1.81. The molecule has 6 nitrogen and oxygen atoms in total. The van der Waals surface area contributed by atoms with E-state index >= 15 is 0 Å². The minimum Gasteiger partial charge on any atom is -0.383 e. The standard InChI is InChI=1S/C22H25N5OS/c1-15-14-17(16(2)27(15)19-9-5-7-11-24-19)21-20(18-8-4-6-10-23-18)25-22(29)26(21)12-13-28-3/h4-11,14,20-21H,12-13H2,1-3H3,(H,25,29)/t20-,21+/m1/s1. The van der Waals surface area contributed by atoms with Crippen molar-refractivity contribution >= 4 is 17.3 Å². The predicted octanol–water partition coefficient (Wildman–Crippen LogP) is 3.50. The molecule has 1 fully saturated rings. The van der Waals surface area contributed by atoms with Crippen molar-refractivity contribution in [2.45, 2.75) is 25.9 Å². The third kappa shape index (κ3) is 3.63. The van der Waals surface area contributed by atoms with E-state index in [9.17, 15) is 0 Å². The fourth-order valence-corrected chi connectivity index (χ4v) is 4.43. The molecule has 0 unspecified atom stereocenters. The number of nitrogens with one attached hydrogen (secondary N) is 1. The van der Waals surface area contributed by atoms with Gasteiger partial charge in [0.25, 0.3) is 0 Å². The number of ether oxygens (including phenoxy) is 1. The summed E-state index contributed by atoms with van der Waals surface area (Å²) in [5.74, 6) is 0.917. The molecular formula is C22H25N5OS. The normalized spacial score (nSPS) is 18.9. The van der Waals surface area contributed by atoms with Crippen LogP contribution in [0.15, 0.2) is 54.9 Å². The van der Waals surface area contributed by atoms with Gasteiger partial charge in [-0.1, -0.05) is 12.1 Å². The molecule has 3 aromatic rings. The summed E-state index contributed by atoms with van der Waals surface area (Å²) >= 11 is 5.70. The Bertz CT molecular complexity index is 989. The highest BCUT2D eigenvalue weighted by Gasteiger charge is 2.41. The molecule has 3 aromatic heterocycles. The first-order valence-electron chi connectivity index (χ1n) is 9.69. The smallest absolute Gasteiger partial charge is 0.170 e. The fraction of sp³-hybridized carbons (Fsp3) is 0.318. The van der Waals surface area contributed by atoms with Crippen LogP contribution in [0.2, 0.25) is 0 Å². The van der Waals surface area contributed by atoms with Crippen LogP contribution in [0.4, 0.5) is 0 Å². The van der Waals surface area contributed by atoms with Crippen molar-refractivity contribution in [1.29, 1.82) is 0 Å². The summed E-state index contributed by atoms with van der Waals surface area (Å²) < 4.78 is 7.54. The summed E-state index contributed by atoms with van der Waals surface area (Å²) in [5.41, 5.74) is 4.48. The highest BCUT2D eigenvalue weighted by Crippen LogP contribution is 2.41. The van der Waals surface area contributed by atoms with Crippen molar-refractivity contribution in [3.8, 4) is 5.82 Å². The Kier molecular flexibility index (Phi) is 5.60. The molecule has 2 atom stereocenters. The second-order valence-corrected chi connectivity index (χ2v) is 7.55. The molecule has 29 heavy (non-hydrogen) atoms. The van der Waals surface area contributed by atoms with Gasteiger partial charge in [0.15, 0.2) is 5.11 Å². The van der Waals surface area contributed by atoms with E-state index in [1.807, 2.05) is 48.8 Å². The summed E-state index contributed by atoms with van der Waals surface area (Å²) in [7, 11) is 1.71. The van der Waals surface area contributed by atoms with Crippen molar-refractivity contribution in [3.63, 3.8) is 0 Å². The topological polar surface area (TPSA) is 55.2 Å². The Morgan fingerprint density at radius 1 is 1.10 bits per heavy atom. The number of hydrogen-bond donors (Lipinski definition) is 1. The molecule has 0 radical (unpaired) electrons. The molecule has 0 spiro atoms. The first kappa shape index (κ1) is 19.5.